The summed E-state index contributed by atoms with van der Waals surface area (Å²) in [5, 5.41) is 18.6. The van der Waals surface area contributed by atoms with Gasteiger partial charge in [0.1, 0.15) is 0 Å². The lowest BCUT2D eigenvalue weighted by Crippen LogP contribution is -2.31. The lowest BCUT2D eigenvalue weighted by Gasteiger charge is -2.17. The number of aliphatic hydroxyl groups is 1. The molecule has 0 aliphatic heterocycles. The summed E-state index contributed by atoms with van der Waals surface area (Å²) in [7, 11) is 0. The second-order valence-corrected chi connectivity index (χ2v) is 9.10. The van der Waals surface area contributed by atoms with Crippen molar-refractivity contribution >= 4 is 6.09 Å². The van der Waals surface area contributed by atoms with Crippen LogP contribution >= 0.6 is 0 Å². The van der Waals surface area contributed by atoms with Crippen LogP contribution in [0.2, 0.25) is 0 Å². The van der Waals surface area contributed by atoms with Gasteiger partial charge in [-0.05, 0) is 25.7 Å². The molecule has 1 amide bonds. The van der Waals surface area contributed by atoms with E-state index in [1.165, 1.54) is 88.4 Å². The Morgan fingerprint density at radius 1 is 0.581 bits per heavy atom. The van der Waals surface area contributed by atoms with Crippen molar-refractivity contribution in [3.05, 3.63) is 0 Å². The zero-order valence-electron chi connectivity index (χ0n) is 21.7. The molecular weight excluding hydrogens is 386 g/mol. The third-order valence-corrected chi connectivity index (χ3v) is 5.87. The van der Waals surface area contributed by atoms with Crippen molar-refractivity contribution in [1.82, 2.24) is 4.90 Å². The first kappa shape index (κ1) is 32.4. The van der Waals surface area contributed by atoms with E-state index in [0.29, 0.717) is 13.1 Å². The summed E-state index contributed by atoms with van der Waals surface area (Å²) >= 11 is 0. The number of nitrogens with zero attached hydrogens (tertiary/aromatic N) is 1. The van der Waals surface area contributed by atoms with Crippen LogP contribution in [-0.4, -0.2) is 40.4 Å². The van der Waals surface area contributed by atoms with Crippen LogP contribution in [0.15, 0.2) is 0 Å². The Labute approximate surface area is 195 Å². The molecule has 0 heterocycles. The monoisotopic (exact) mass is 443 g/mol. The second kappa shape index (κ2) is 27.3. The maximum Gasteiger partial charge on any atom is 0.407 e. The molecule has 0 fully saturated rings. The van der Waals surface area contributed by atoms with Crippen LogP contribution in [0, 0.1) is 0 Å². The Bertz CT molecular complexity index is 341. The summed E-state index contributed by atoms with van der Waals surface area (Å²) in [6.45, 7) is 10.0. The SMILES string of the molecule is CCCCCCCCCC(O)CCCCCCCC.CCCCN(CCCC)C(=O)O. The van der Waals surface area contributed by atoms with Crippen molar-refractivity contribution in [3.8, 4) is 0 Å². The first-order valence-electron chi connectivity index (χ1n) is 13.7. The number of hydrogen-bond donors (Lipinski definition) is 2. The smallest absolute Gasteiger partial charge is 0.407 e. The highest BCUT2D eigenvalue weighted by Gasteiger charge is 2.08. The second-order valence-electron chi connectivity index (χ2n) is 9.10. The van der Waals surface area contributed by atoms with E-state index in [-0.39, 0.29) is 6.10 Å². The minimum absolute atomic E-state index is 0.0261. The Kier molecular flexibility index (Phi) is 28.5. The van der Waals surface area contributed by atoms with Gasteiger partial charge in [0.25, 0.3) is 0 Å². The molecule has 0 aliphatic rings. The van der Waals surface area contributed by atoms with Gasteiger partial charge in [-0.25, -0.2) is 4.79 Å². The Balaban J connectivity index is 0. The van der Waals surface area contributed by atoms with E-state index in [9.17, 15) is 9.90 Å². The van der Waals surface area contributed by atoms with E-state index in [0.717, 1.165) is 38.5 Å². The minimum atomic E-state index is -0.781. The van der Waals surface area contributed by atoms with Crippen molar-refractivity contribution < 1.29 is 15.0 Å². The fourth-order valence-corrected chi connectivity index (χ4v) is 3.64. The van der Waals surface area contributed by atoms with E-state index < -0.39 is 6.09 Å². The highest BCUT2D eigenvalue weighted by molar-refractivity contribution is 5.64. The van der Waals surface area contributed by atoms with E-state index in [2.05, 4.69) is 27.7 Å². The lowest BCUT2D eigenvalue weighted by atomic mass is 10.0. The van der Waals surface area contributed by atoms with Gasteiger partial charge in [-0.3, -0.25) is 0 Å². The predicted molar refractivity (Wildman–Crippen MR) is 136 cm³/mol. The van der Waals surface area contributed by atoms with Gasteiger partial charge in [-0.15, -0.1) is 0 Å². The molecule has 0 bridgehead atoms. The molecule has 0 rings (SSSR count). The molecule has 31 heavy (non-hydrogen) atoms. The molecule has 0 saturated carbocycles. The fraction of sp³-hybridized carbons (Fsp3) is 0.963. The van der Waals surface area contributed by atoms with Gasteiger partial charge in [0, 0.05) is 13.1 Å². The topological polar surface area (TPSA) is 60.8 Å². The van der Waals surface area contributed by atoms with Gasteiger partial charge in [0.15, 0.2) is 0 Å². The Hall–Kier alpha value is -0.770. The van der Waals surface area contributed by atoms with Crippen molar-refractivity contribution in [1.29, 1.82) is 0 Å². The minimum Gasteiger partial charge on any atom is -0.465 e. The van der Waals surface area contributed by atoms with Crippen LogP contribution in [0.3, 0.4) is 0 Å². The molecule has 1 atom stereocenters. The average Bonchev–Trinajstić information content (AvgIpc) is 2.76. The van der Waals surface area contributed by atoms with E-state index in [1.807, 2.05) is 0 Å². The van der Waals surface area contributed by atoms with E-state index in [1.54, 1.807) is 0 Å². The molecule has 4 nitrogen and oxygen atoms in total. The van der Waals surface area contributed by atoms with Crippen LogP contribution in [0.1, 0.15) is 150 Å². The van der Waals surface area contributed by atoms with Crippen molar-refractivity contribution in [2.75, 3.05) is 13.1 Å². The zero-order chi connectivity index (χ0) is 23.6. The first-order valence-corrected chi connectivity index (χ1v) is 13.7. The van der Waals surface area contributed by atoms with Crippen LogP contribution in [0.4, 0.5) is 4.79 Å². The van der Waals surface area contributed by atoms with E-state index >= 15 is 0 Å². The summed E-state index contributed by atoms with van der Waals surface area (Å²) in [5.41, 5.74) is 0. The van der Waals surface area contributed by atoms with Crippen molar-refractivity contribution in [2.45, 2.75) is 156 Å². The molecule has 0 aromatic carbocycles. The largest absolute Gasteiger partial charge is 0.465 e. The van der Waals surface area contributed by atoms with Crippen LogP contribution in [0.5, 0.6) is 0 Å². The molecule has 0 spiro atoms. The van der Waals surface area contributed by atoms with Crippen molar-refractivity contribution in [3.63, 3.8) is 0 Å². The quantitative estimate of drug-likeness (QED) is 0.174. The number of hydrogen-bond acceptors (Lipinski definition) is 2. The fourth-order valence-electron chi connectivity index (χ4n) is 3.64. The zero-order valence-corrected chi connectivity index (χ0v) is 21.7. The Morgan fingerprint density at radius 3 is 1.23 bits per heavy atom. The van der Waals surface area contributed by atoms with Gasteiger partial charge in [0.2, 0.25) is 0 Å². The maximum atomic E-state index is 10.6. The van der Waals surface area contributed by atoms with Crippen molar-refractivity contribution in [2.24, 2.45) is 0 Å². The molecule has 188 valence electrons. The summed E-state index contributed by atoms with van der Waals surface area (Å²) in [6, 6.07) is 0. The van der Waals surface area contributed by atoms with Gasteiger partial charge < -0.3 is 15.1 Å². The van der Waals surface area contributed by atoms with Gasteiger partial charge in [-0.1, -0.05) is 124 Å². The third kappa shape index (κ3) is 27.2. The number of carbonyl (C=O) groups is 1. The molecule has 0 aromatic rings. The van der Waals surface area contributed by atoms with Crippen LogP contribution in [0.25, 0.3) is 0 Å². The third-order valence-electron chi connectivity index (χ3n) is 5.87. The molecular formula is C27H57NO3. The number of aliphatic hydroxyl groups excluding tert-OH is 1. The summed E-state index contributed by atoms with van der Waals surface area (Å²) < 4.78 is 0. The van der Waals surface area contributed by atoms with Crippen LogP contribution < -0.4 is 0 Å². The van der Waals surface area contributed by atoms with E-state index in [4.69, 9.17) is 5.11 Å². The first-order chi connectivity index (χ1) is 15.0. The standard InChI is InChI=1S/C18H38O.C9H19NO2/c1-3-5-7-9-11-13-15-17-18(19)16-14-12-10-8-6-4-2;1-3-5-7-10(9(11)12)8-6-4-2/h18-19H,3-17H2,1-2H3;3-8H2,1-2H3,(H,11,12). The molecule has 0 saturated heterocycles. The molecule has 0 aliphatic carbocycles. The highest BCUT2D eigenvalue weighted by Crippen LogP contribution is 2.14. The average molecular weight is 444 g/mol. The number of rotatable bonds is 21. The molecule has 1 unspecified atom stereocenters. The lowest BCUT2D eigenvalue weighted by molar-refractivity contribution is 0.143. The normalized spacial score (nSPS) is 11.6. The molecule has 0 aromatic heterocycles. The number of carboxylic acid groups (broad SMARTS) is 1. The summed E-state index contributed by atoms with van der Waals surface area (Å²) in [5.74, 6) is 0. The highest BCUT2D eigenvalue weighted by atomic mass is 16.4. The summed E-state index contributed by atoms with van der Waals surface area (Å²) in [6.07, 6.45) is 22.7. The molecule has 2 N–H and O–H groups in total. The number of unbranched alkanes of at least 4 members (excludes halogenated alkanes) is 13. The van der Waals surface area contributed by atoms with Gasteiger partial charge in [-0.2, -0.15) is 0 Å². The summed E-state index contributed by atoms with van der Waals surface area (Å²) in [4.78, 5) is 12.1. The van der Waals surface area contributed by atoms with Gasteiger partial charge in [0.05, 0.1) is 6.10 Å². The predicted octanol–water partition coefficient (Wildman–Crippen LogP) is 8.81. The molecule has 0 radical (unpaired) electrons. The Morgan fingerprint density at radius 2 is 0.903 bits per heavy atom. The maximum absolute atomic E-state index is 10.6. The molecule has 4 heteroatoms. The van der Waals surface area contributed by atoms with Crippen LogP contribution in [-0.2, 0) is 0 Å². The number of amides is 1. The van der Waals surface area contributed by atoms with Gasteiger partial charge >= 0.3 is 6.09 Å².